The fraction of sp³-hybridized carbons (Fsp3) is 0.312. The summed E-state index contributed by atoms with van der Waals surface area (Å²) >= 11 is 0. The van der Waals surface area contributed by atoms with Gasteiger partial charge in [-0.25, -0.2) is 0 Å². The van der Waals surface area contributed by atoms with E-state index in [0.29, 0.717) is 24.5 Å². The molecular weight excluding hydrogens is 250 g/mol. The van der Waals surface area contributed by atoms with Crippen LogP contribution in [0.25, 0.3) is 0 Å². The molecule has 4 nitrogen and oxygen atoms in total. The van der Waals surface area contributed by atoms with Crippen molar-refractivity contribution in [1.29, 1.82) is 5.26 Å². The van der Waals surface area contributed by atoms with Gasteiger partial charge in [-0.15, -0.1) is 0 Å². The molecule has 2 N–H and O–H groups in total. The van der Waals surface area contributed by atoms with E-state index < -0.39 is 0 Å². The number of benzene rings is 1. The van der Waals surface area contributed by atoms with Gasteiger partial charge in [0.05, 0.1) is 12.3 Å². The molecule has 1 heterocycles. The molecule has 0 aliphatic carbocycles. The number of hydrogen-bond donors (Lipinski definition) is 1. The quantitative estimate of drug-likeness (QED) is 0.907. The first-order valence-corrected chi connectivity index (χ1v) is 6.58. The van der Waals surface area contributed by atoms with Crippen LogP contribution in [-0.4, -0.2) is 18.3 Å². The van der Waals surface area contributed by atoms with Crippen LogP contribution in [-0.2, 0) is 17.7 Å². The second-order valence-corrected chi connectivity index (χ2v) is 4.85. The lowest BCUT2D eigenvalue weighted by atomic mass is 10.1. The number of aromatic nitrogens is 1. The summed E-state index contributed by atoms with van der Waals surface area (Å²) in [5.74, 6) is 0. The van der Waals surface area contributed by atoms with Crippen LogP contribution >= 0.6 is 0 Å². The summed E-state index contributed by atoms with van der Waals surface area (Å²) in [6.07, 6.45) is 0.720. The summed E-state index contributed by atoms with van der Waals surface area (Å²) in [6, 6.07) is 12.3. The second kappa shape index (κ2) is 6.27. The Hall–Kier alpha value is -2.25. The van der Waals surface area contributed by atoms with E-state index in [9.17, 15) is 5.26 Å². The van der Waals surface area contributed by atoms with Crippen molar-refractivity contribution in [2.45, 2.75) is 19.9 Å². The van der Waals surface area contributed by atoms with E-state index in [4.69, 9.17) is 10.5 Å². The molecule has 4 heteroatoms. The van der Waals surface area contributed by atoms with Gasteiger partial charge < -0.3 is 15.0 Å². The molecule has 0 spiro atoms. The zero-order valence-corrected chi connectivity index (χ0v) is 11.9. The number of ether oxygens (including phenoxy) is 1. The monoisotopic (exact) mass is 269 g/mol. The van der Waals surface area contributed by atoms with Crippen molar-refractivity contribution in [2.75, 3.05) is 19.5 Å². The fourth-order valence-electron chi connectivity index (χ4n) is 2.24. The van der Waals surface area contributed by atoms with E-state index in [-0.39, 0.29) is 0 Å². The molecular formula is C16H19N3O. The number of nitrogen functional groups attached to an aromatic ring is 1. The number of aryl methyl sites for hydroxylation is 1. The maximum Gasteiger partial charge on any atom is 0.122 e. The first-order chi connectivity index (χ1) is 9.65. The summed E-state index contributed by atoms with van der Waals surface area (Å²) in [5, 5.41) is 9.19. The first-order valence-electron chi connectivity index (χ1n) is 6.58. The molecule has 0 atom stereocenters. The van der Waals surface area contributed by atoms with E-state index in [2.05, 4.69) is 37.3 Å². The van der Waals surface area contributed by atoms with Gasteiger partial charge in [-0.05, 0) is 18.6 Å². The molecule has 0 aliphatic heterocycles. The highest BCUT2D eigenvalue weighted by Crippen LogP contribution is 2.22. The number of nitriles is 1. The van der Waals surface area contributed by atoms with Gasteiger partial charge in [0.15, 0.2) is 0 Å². The highest BCUT2D eigenvalue weighted by atomic mass is 16.5. The Kier molecular flexibility index (Phi) is 4.44. The van der Waals surface area contributed by atoms with Gasteiger partial charge in [0.1, 0.15) is 11.8 Å². The maximum atomic E-state index is 9.19. The van der Waals surface area contributed by atoms with Crippen LogP contribution in [0.1, 0.15) is 22.5 Å². The van der Waals surface area contributed by atoms with E-state index in [1.54, 1.807) is 13.2 Å². The van der Waals surface area contributed by atoms with Crippen molar-refractivity contribution >= 4 is 5.69 Å². The average molecular weight is 269 g/mol. The van der Waals surface area contributed by atoms with Crippen molar-refractivity contribution in [3.63, 3.8) is 0 Å². The van der Waals surface area contributed by atoms with Gasteiger partial charge in [-0.2, -0.15) is 5.26 Å². The molecule has 0 amide bonds. The van der Waals surface area contributed by atoms with Crippen LogP contribution in [0.15, 0.2) is 30.3 Å². The molecule has 20 heavy (non-hydrogen) atoms. The Balaban J connectivity index is 2.32. The zero-order chi connectivity index (χ0) is 14.5. The van der Waals surface area contributed by atoms with Crippen LogP contribution in [0.2, 0.25) is 0 Å². The molecule has 0 saturated heterocycles. The normalized spacial score (nSPS) is 10.4. The lowest BCUT2D eigenvalue weighted by Crippen LogP contribution is -2.11. The summed E-state index contributed by atoms with van der Waals surface area (Å²) in [4.78, 5) is 0. The van der Waals surface area contributed by atoms with Gasteiger partial charge in [0, 0.05) is 25.8 Å². The summed E-state index contributed by atoms with van der Waals surface area (Å²) in [5.41, 5.74) is 10.7. The fourth-order valence-corrected chi connectivity index (χ4v) is 2.24. The van der Waals surface area contributed by atoms with Gasteiger partial charge >= 0.3 is 0 Å². The Morgan fingerprint density at radius 1 is 1.30 bits per heavy atom. The predicted molar refractivity (Wildman–Crippen MR) is 79.4 cm³/mol. The third-order valence-electron chi connectivity index (χ3n) is 3.37. The van der Waals surface area contributed by atoms with Crippen LogP contribution in [0.5, 0.6) is 0 Å². The molecule has 0 unspecified atom stereocenters. The Bertz CT molecular complexity index is 620. The standard InChI is InChI=1S/C16H19N3O/c1-12-3-5-13(6-4-12)9-16-15(18)10-14(11-17)19(16)7-8-20-2/h3-6,10H,7-9,18H2,1-2H3. The minimum atomic E-state index is 0.559. The van der Waals surface area contributed by atoms with E-state index in [0.717, 1.165) is 12.1 Å². The van der Waals surface area contributed by atoms with Crippen molar-refractivity contribution in [2.24, 2.45) is 0 Å². The number of anilines is 1. The third-order valence-corrected chi connectivity index (χ3v) is 3.37. The summed E-state index contributed by atoms with van der Waals surface area (Å²) in [6.45, 7) is 3.26. The Labute approximate surface area is 119 Å². The molecule has 2 aromatic rings. The number of rotatable bonds is 5. The van der Waals surface area contributed by atoms with Gasteiger partial charge in [0.2, 0.25) is 0 Å². The van der Waals surface area contributed by atoms with Crippen molar-refractivity contribution < 1.29 is 4.74 Å². The largest absolute Gasteiger partial charge is 0.397 e. The highest BCUT2D eigenvalue weighted by Gasteiger charge is 2.13. The van der Waals surface area contributed by atoms with Crippen LogP contribution < -0.4 is 5.73 Å². The topological polar surface area (TPSA) is 64.0 Å². The molecule has 0 bridgehead atoms. The molecule has 0 saturated carbocycles. The lowest BCUT2D eigenvalue weighted by Gasteiger charge is -2.11. The highest BCUT2D eigenvalue weighted by molar-refractivity contribution is 5.52. The van der Waals surface area contributed by atoms with Crippen LogP contribution in [0.3, 0.4) is 0 Å². The number of methoxy groups -OCH3 is 1. The van der Waals surface area contributed by atoms with Gasteiger partial charge in [-0.3, -0.25) is 0 Å². The molecule has 1 aromatic carbocycles. The molecule has 0 fully saturated rings. The second-order valence-electron chi connectivity index (χ2n) is 4.85. The minimum Gasteiger partial charge on any atom is -0.397 e. The van der Waals surface area contributed by atoms with Crippen LogP contribution in [0, 0.1) is 18.3 Å². The van der Waals surface area contributed by atoms with E-state index >= 15 is 0 Å². The lowest BCUT2D eigenvalue weighted by molar-refractivity contribution is 0.186. The average Bonchev–Trinajstić information content (AvgIpc) is 2.75. The Morgan fingerprint density at radius 3 is 2.60 bits per heavy atom. The molecule has 104 valence electrons. The third kappa shape index (κ3) is 3.01. The first kappa shape index (κ1) is 14.2. The number of hydrogen-bond acceptors (Lipinski definition) is 3. The molecule has 0 aliphatic rings. The van der Waals surface area contributed by atoms with Gasteiger partial charge in [0.25, 0.3) is 0 Å². The zero-order valence-electron chi connectivity index (χ0n) is 11.9. The molecule has 2 rings (SSSR count). The number of nitrogens with two attached hydrogens (primary N) is 1. The maximum absolute atomic E-state index is 9.19. The minimum absolute atomic E-state index is 0.559. The SMILES string of the molecule is COCCn1c(C#N)cc(N)c1Cc1ccc(C)cc1. The van der Waals surface area contributed by atoms with Crippen LogP contribution in [0.4, 0.5) is 5.69 Å². The number of nitrogens with zero attached hydrogens (tertiary/aromatic N) is 2. The molecule has 1 aromatic heterocycles. The summed E-state index contributed by atoms with van der Waals surface area (Å²) in [7, 11) is 1.65. The van der Waals surface area contributed by atoms with Crippen molar-refractivity contribution in [3.8, 4) is 6.07 Å². The van der Waals surface area contributed by atoms with Gasteiger partial charge in [-0.1, -0.05) is 29.8 Å². The van der Waals surface area contributed by atoms with E-state index in [1.807, 2.05) is 4.57 Å². The molecule has 0 radical (unpaired) electrons. The predicted octanol–water partition coefficient (Wildman–Crippen LogP) is 2.49. The van der Waals surface area contributed by atoms with Crippen molar-refractivity contribution in [3.05, 3.63) is 52.8 Å². The van der Waals surface area contributed by atoms with Crippen molar-refractivity contribution in [1.82, 2.24) is 4.57 Å². The van der Waals surface area contributed by atoms with E-state index in [1.165, 1.54) is 11.1 Å². The summed E-state index contributed by atoms with van der Waals surface area (Å²) < 4.78 is 7.05. The smallest absolute Gasteiger partial charge is 0.122 e. The Morgan fingerprint density at radius 2 is 2.00 bits per heavy atom.